The van der Waals surface area contributed by atoms with Crippen molar-refractivity contribution in [1.29, 1.82) is 0 Å². The Balaban J connectivity index is 2.25. The molecular formula is C12H8Cl2N2O2. The minimum absolute atomic E-state index is 0.110. The molecular weight excluding hydrogens is 275 g/mol. The summed E-state index contributed by atoms with van der Waals surface area (Å²) in [7, 11) is 0. The smallest absolute Gasteiger partial charge is 0.259 e. The molecule has 4 nitrogen and oxygen atoms in total. The summed E-state index contributed by atoms with van der Waals surface area (Å²) in [5, 5.41) is 12.7. The Morgan fingerprint density at radius 2 is 2.06 bits per heavy atom. The number of amides is 1. The third kappa shape index (κ3) is 2.72. The van der Waals surface area contributed by atoms with Crippen LogP contribution >= 0.6 is 23.2 Å². The first-order chi connectivity index (χ1) is 8.58. The third-order valence-corrected chi connectivity index (χ3v) is 2.75. The van der Waals surface area contributed by atoms with Crippen LogP contribution in [0.15, 0.2) is 36.5 Å². The summed E-state index contributed by atoms with van der Waals surface area (Å²) in [5.74, 6) is -0.681. The van der Waals surface area contributed by atoms with Crippen LogP contribution in [0, 0.1) is 0 Å². The maximum absolute atomic E-state index is 11.9. The Hall–Kier alpha value is -1.78. The van der Waals surface area contributed by atoms with Gasteiger partial charge in [0, 0.05) is 11.2 Å². The molecule has 0 radical (unpaired) electrons. The van der Waals surface area contributed by atoms with Crippen molar-refractivity contribution < 1.29 is 9.90 Å². The number of aromatic hydroxyl groups is 1. The van der Waals surface area contributed by atoms with Gasteiger partial charge in [-0.2, -0.15) is 0 Å². The van der Waals surface area contributed by atoms with E-state index in [0.29, 0.717) is 10.7 Å². The molecule has 6 heteroatoms. The Morgan fingerprint density at radius 3 is 2.72 bits per heavy atom. The number of phenolic OH excluding ortho intramolecular Hbond substituents is 1. The molecule has 0 atom stereocenters. The molecule has 0 aliphatic carbocycles. The molecule has 18 heavy (non-hydrogen) atoms. The van der Waals surface area contributed by atoms with E-state index in [1.165, 1.54) is 24.4 Å². The molecule has 1 heterocycles. The summed E-state index contributed by atoms with van der Waals surface area (Å²) < 4.78 is 0. The van der Waals surface area contributed by atoms with Crippen LogP contribution in [0.5, 0.6) is 5.75 Å². The van der Waals surface area contributed by atoms with E-state index < -0.39 is 5.91 Å². The van der Waals surface area contributed by atoms with Gasteiger partial charge in [-0.3, -0.25) is 4.79 Å². The van der Waals surface area contributed by atoms with Crippen molar-refractivity contribution in [3.63, 3.8) is 0 Å². The number of nitrogens with zero attached hydrogens (tertiary/aromatic N) is 1. The van der Waals surface area contributed by atoms with Crippen LogP contribution in [0.3, 0.4) is 0 Å². The van der Waals surface area contributed by atoms with E-state index in [2.05, 4.69) is 10.3 Å². The van der Waals surface area contributed by atoms with E-state index in [0.717, 1.165) is 0 Å². The maximum Gasteiger partial charge on any atom is 0.259 e. The number of halogens is 2. The van der Waals surface area contributed by atoms with Gasteiger partial charge in [-0.25, -0.2) is 4.98 Å². The van der Waals surface area contributed by atoms with E-state index in [1.807, 2.05) is 0 Å². The number of phenols is 1. The summed E-state index contributed by atoms with van der Waals surface area (Å²) in [6.45, 7) is 0. The van der Waals surface area contributed by atoms with Gasteiger partial charge in [0.15, 0.2) is 5.15 Å². The fraction of sp³-hybridized carbons (Fsp3) is 0. The minimum atomic E-state index is -0.487. The quantitative estimate of drug-likeness (QED) is 0.831. The van der Waals surface area contributed by atoms with Gasteiger partial charge in [0.2, 0.25) is 0 Å². The zero-order valence-electron chi connectivity index (χ0n) is 9.02. The van der Waals surface area contributed by atoms with Crippen molar-refractivity contribution in [3.05, 3.63) is 52.3 Å². The third-order valence-electron chi connectivity index (χ3n) is 2.21. The SMILES string of the molecule is O=C(Nc1cccnc1Cl)c1ccc(Cl)cc1O. The highest BCUT2D eigenvalue weighted by Crippen LogP contribution is 2.24. The van der Waals surface area contributed by atoms with Gasteiger partial charge in [-0.1, -0.05) is 23.2 Å². The van der Waals surface area contributed by atoms with Crippen LogP contribution in [-0.4, -0.2) is 16.0 Å². The standard InChI is InChI=1S/C12H8Cl2N2O2/c13-7-3-4-8(10(17)6-7)12(18)16-9-2-1-5-15-11(9)14/h1-6,17H,(H,16,18). The van der Waals surface area contributed by atoms with Gasteiger partial charge in [-0.05, 0) is 30.3 Å². The molecule has 0 spiro atoms. The number of aromatic nitrogens is 1. The molecule has 0 saturated carbocycles. The Morgan fingerprint density at radius 1 is 1.28 bits per heavy atom. The van der Waals surface area contributed by atoms with Crippen LogP contribution in [0.2, 0.25) is 10.2 Å². The molecule has 2 rings (SSSR count). The van der Waals surface area contributed by atoms with Gasteiger partial charge in [0.1, 0.15) is 5.75 Å². The molecule has 2 N–H and O–H groups in total. The number of rotatable bonds is 2. The second-order valence-corrected chi connectivity index (χ2v) is 4.25. The highest BCUT2D eigenvalue weighted by atomic mass is 35.5. The highest BCUT2D eigenvalue weighted by Gasteiger charge is 2.13. The molecule has 1 aromatic heterocycles. The van der Waals surface area contributed by atoms with E-state index in [-0.39, 0.29) is 16.5 Å². The zero-order chi connectivity index (χ0) is 13.1. The number of carbonyl (C=O) groups is 1. The minimum Gasteiger partial charge on any atom is -0.507 e. The molecule has 1 amide bonds. The van der Waals surface area contributed by atoms with Crippen molar-refractivity contribution in [1.82, 2.24) is 4.98 Å². The van der Waals surface area contributed by atoms with Crippen LogP contribution in [-0.2, 0) is 0 Å². The fourth-order valence-electron chi connectivity index (χ4n) is 1.37. The average molecular weight is 283 g/mol. The average Bonchev–Trinajstić information content (AvgIpc) is 2.32. The van der Waals surface area contributed by atoms with Crippen LogP contribution in [0.25, 0.3) is 0 Å². The number of hydrogen-bond donors (Lipinski definition) is 2. The van der Waals surface area contributed by atoms with Gasteiger partial charge >= 0.3 is 0 Å². The summed E-state index contributed by atoms with van der Waals surface area (Å²) >= 11 is 11.5. The zero-order valence-corrected chi connectivity index (χ0v) is 10.5. The number of nitrogens with one attached hydrogen (secondary N) is 1. The molecule has 2 aromatic rings. The Bertz CT molecular complexity index is 602. The summed E-state index contributed by atoms with van der Waals surface area (Å²) in [6.07, 6.45) is 1.51. The second kappa shape index (κ2) is 5.25. The van der Waals surface area contributed by atoms with E-state index in [1.54, 1.807) is 12.1 Å². The first-order valence-corrected chi connectivity index (χ1v) is 5.74. The number of hydrogen-bond acceptors (Lipinski definition) is 3. The van der Waals surface area contributed by atoms with Crippen LogP contribution in [0.1, 0.15) is 10.4 Å². The lowest BCUT2D eigenvalue weighted by atomic mass is 10.2. The Kier molecular flexibility index (Phi) is 3.69. The lowest BCUT2D eigenvalue weighted by Crippen LogP contribution is -2.12. The number of pyridine rings is 1. The largest absolute Gasteiger partial charge is 0.507 e. The molecule has 0 saturated heterocycles. The van der Waals surface area contributed by atoms with Crippen molar-refractivity contribution in [2.75, 3.05) is 5.32 Å². The summed E-state index contributed by atoms with van der Waals surface area (Å²) in [4.78, 5) is 15.7. The molecule has 1 aromatic carbocycles. The van der Waals surface area contributed by atoms with Crippen molar-refractivity contribution in [2.24, 2.45) is 0 Å². The van der Waals surface area contributed by atoms with Crippen molar-refractivity contribution >= 4 is 34.8 Å². The summed E-state index contributed by atoms with van der Waals surface area (Å²) in [6, 6.07) is 7.49. The van der Waals surface area contributed by atoms with Crippen molar-refractivity contribution in [3.8, 4) is 5.75 Å². The lowest BCUT2D eigenvalue weighted by molar-refractivity contribution is 0.102. The topological polar surface area (TPSA) is 62.2 Å². The van der Waals surface area contributed by atoms with E-state index in [9.17, 15) is 9.90 Å². The predicted molar refractivity (Wildman–Crippen MR) is 70.3 cm³/mol. The Labute approximate surface area is 113 Å². The molecule has 0 bridgehead atoms. The van der Waals surface area contributed by atoms with Gasteiger partial charge in [-0.15, -0.1) is 0 Å². The monoisotopic (exact) mass is 282 g/mol. The maximum atomic E-state index is 11.9. The van der Waals surface area contributed by atoms with Gasteiger partial charge < -0.3 is 10.4 Å². The van der Waals surface area contributed by atoms with E-state index in [4.69, 9.17) is 23.2 Å². The highest BCUT2D eigenvalue weighted by molar-refractivity contribution is 6.33. The molecule has 0 fully saturated rings. The first-order valence-electron chi connectivity index (χ1n) is 4.98. The molecule has 0 aliphatic rings. The molecule has 0 aliphatic heterocycles. The van der Waals surface area contributed by atoms with Crippen molar-refractivity contribution in [2.45, 2.75) is 0 Å². The number of benzene rings is 1. The lowest BCUT2D eigenvalue weighted by Gasteiger charge is -2.07. The van der Waals surface area contributed by atoms with Gasteiger partial charge in [0.05, 0.1) is 11.3 Å². The van der Waals surface area contributed by atoms with Crippen LogP contribution in [0.4, 0.5) is 5.69 Å². The normalized spacial score (nSPS) is 10.1. The summed E-state index contributed by atoms with van der Waals surface area (Å²) in [5.41, 5.74) is 0.484. The van der Waals surface area contributed by atoms with E-state index >= 15 is 0 Å². The predicted octanol–water partition coefficient (Wildman–Crippen LogP) is 3.35. The van der Waals surface area contributed by atoms with Crippen LogP contribution < -0.4 is 5.32 Å². The first kappa shape index (κ1) is 12.7. The number of carbonyl (C=O) groups excluding carboxylic acids is 1. The fourth-order valence-corrected chi connectivity index (χ4v) is 1.70. The van der Waals surface area contributed by atoms with Gasteiger partial charge in [0.25, 0.3) is 5.91 Å². The molecule has 92 valence electrons. The number of anilines is 1. The second-order valence-electron chi connectivity index (χ2n) is 3.46. The molecule has 0 unspecified atom stereocenters.